The second-order valence-electron chi connectivity index (χ2n) is 12.0. The molecule has 0 aliphatic rings. The Bertz CT molecular complexity index is 2130. The Labute approximate surface area is 302 Å². The van der Waals surface area contributed by atoms with Gasteiger partial charge < -0.3 is 14.6 Å². The zero-order valence-corrected chi connectivity index (χ0v) is 28.9. The molecule has 0 N–H and O–H groups in total. The van der Waals surface area contributed by atoms with Gasteiger partial charge in [-0.05, 0) is 111 Å². The maximum Gasteiger partial charge on any atom is 0.365 e. The predicted octanol–water partition coefficient (Wildman–Crippen LogP) is 9.86. The van der Waals surface area contributed by atoms with E-state index in [1.165, 1.54) is 0 Å². The van der Waals surface area contributed by atoms with Crippen LogP contribution in [-0.4, -0.2) is 29.1 Å². The van der Waals surface area contributed by atoms with Gasteiger partial charge in [-0.1, -0.05) is 94.7 Å². The van der Waals surface area contributed by atoms with Crippen LogP contribution in [-0.2, 0) is 9.68 Å². The van der Waals surface area contributed by atoms with Crippen molar-refractivity contribution in [3.63, 3.8) is 0 Å². The van der Waals surface area contributed by atoms with Gasteiger partial charge in [-0.2, -0.15) is 0 Å². The first kappa shape index (κ1) is 34.9. The maximum atomic E-state index is 13.3. The minimum atomic E-state index is -0.537. The second kappa shape index (κ2) is 16.2. The molecule has 6 aromatic carbocycles. The summed E-state index contributed by atoms with van der Waals surface area (Å²) in [6.45, 7) is 5.51. The van der Waals surface area contributed by atoms with E-state index in [9.17, 15) is 14.4 Å². The van der Waals surface area contributed by atoms with Crippen LogP contribution in [0.25, 0.3) is 0 Å². The van der Waals surface area contributed by atoms with Crippen molar-refractivity contribution in [2.45, 2.75) is 20.8 Å². The summed E-state index contributed by atoms with van der Waals surface area (Å²) < 4.78 is 0. The highest BCUT2D eigenvalue weighted by atomic mass is 16.7. The number of anilines is 3. The summed E-state index contributed by atoms with van der Waals surface area (Å²) in [5.74, 6) is -1.13. The molecule has 0 saturated carbocycles. The van der Waals surface area contributed by atoms with Gasteiger partial charge in [0.05, 0.1) is 22.6 Å². The summed E-state index contributed by atoms with van der Waals surface area (Å²) in [7, 11) is 0. The quantitative estimate of drug-likeness (QED) is 0.0583. The van der Waals surface area contributed by atoms with Gasteiger partial charge in [-0.25, -0.2) is 9.59 Å². The van der Waals surface area contributed by atoms with Gasteiger partial charge in [0.2, 0.25) is 0 Å². The number of nitrogens with zero attached hydrogens (tertiary/aromatic N) is 3. The van der Waals surface area contributed by atoms with Crippen molar-refractivity contribution in [3.8, 4) is 0 Å². The SMILES string of the molecule is CC(=NOC(=O)c1ccccc1)c1ccc(N(c2ccc(C(=O)c3cccc(C)c3)cc2)c2ccc(C(C)=NOC(=O)c3ccccc3)cc2)cc1. The molecular formula is C44H35N3O5. The Morgan fingerprint density at radius 2 is 0.827 bits per heavy atom. The van der Waals surface area contributed by atoms with Crippen molar-refractivity contribution in [2.24, 2.45) is 10.3 Å². The fourth-order valence-electron chi connectivity index (χ4n) is 5.44. The van der Waals surface area contributed by atoms with Crippen molar-refractivity contribution in [3.05, 3.63) is 197 Å². The zero-order valence-electron chi connectivity index (χ0n) is 28.9. The molecule has 0 heterocycles. The number of rotatable bonds is 11. The number of aryl methyl sites for hydroxylation is 1. The summed E-state index contributed by atoms with van der Waals surface area (Å²) in [6.07, 6.45) is 0. The molecule has 0 amide bonds. The van der Waals surface area contributed by atoms with Crippen molar-refractivity contribution in [1.29, 1.82) is 0 Å². The molecule has 0 fully saturated rings. The molecule has 0 radical (unpaired) electrons. The molecule has 0 unspecified atom stereocenters. The molecule has 8 nitrogen and oxygen atoms in total. The molecule has 8 heteroatoms. The zero-order chi connectivity index (χ0) is 36.5. The average molecular weight is 686 g/mol. The normalized spacial score (nSPS) is 11.4. The summed E-state index contributed by atoms with van der Waals surface area (Å²) in [5, 5.41) is 8.13. The lowest BCUT2D eigenvalue weighted by molar-refractivity contribution is 0.0508. The number of carbonyl (C=O) groups excluding carboxylic acids is 3. The average Bonchev–Trinajstić information content (AvgIpc) is 3.20. The van der Waals surface area contributed by atoms with Crippen LogP contribution in [0.1, 0.15) is 67.2 Å². The molecule has 0 aliphatic carbocycles. The number of oxime groups is 2. The fraction of sp³-hybridized carbons (Fsp3) is 0.0682. The number of hydrogen-bond donors (Lipinski definition) is 0. The fourth-order valence-corrected chi connectivity index (χ4v) is 5.44. The van der Waals surface area contributed by atoms with Crippen LogP contribution >= 0.6 is 0 Å². The lowest BCUT2D eigenvalue weighted by atomic mass is 10.0. The van der Waals surface area contributed by atoms with E-state index in [1.807, 2.05) is 116 Å². The number of ketones is 1. The first-order valence-electron chi connectivity index (χ1n) is 16.6. The van der Waals surface area contributed by atoms with Crippen molar-refractivity contribution in [2.75, 3.05) is 4.90 Å². The molecule has 0 bridgehead atoms. The maximum absolute atomic E-state index is 13.3. The third kappa shape index (κ3) is 8.43. The van der Waals surface area contributed by atoms with E-state index in [0.29, 0.717) is 33.7 Å². The van der Waals surface area contributed by atoms with Crippen LogP contribution in [0.15, 0.2) is 168 Å². The summed E-state index contributed by atoms with van der Waals surface area (Å²) >= 11 is 0. The molecule has 0 atom stereocenters. The van der Waals surface area contributed by atoms with Crippen molar-refractivity contribution < 1.29 is 24.1 Å². The Kier molecular flexibility index (Phi) is 10.9. The Morgan fingerprint density at radius 3 is 1.23 bits per heavy atom. The lowest BCUT2D eigenvalue weighted by Crippen LogP contribution is -2.11. The van der Waals surface area contributed by atoms with E-state index in [0.717, 1.165) is 33.8 Å². The second-order valence-corrected chi connectivity index (χ2v) is 12.0. The van der Waals surface area contributed by atoms with Gasteiger partial charge in [-0.3, -0.25) is 4.79 Å². The minimum Gasteiger partial charge on any atom is -0.313 e. The van der Waals surface area contributed by atoms with Crippen molar-refractivity contribution in [1.82, 2.24) is 0 Å². The van der Waals surface area contributed by atoms with Crippen LogP contribution in [0.2, 0.25) is 0 Å². The summed E-state index contributed by atoms with van der Waals surface area (Å²) in [5.41, 5.74) is 8.18. The number of carbonyl (C=O) groups is 3. The van der Waals surface area contributed by atoms with E-state index in [1.54, 1.807) is 62.4 Å². The number of benzene rings is 6. The first-order valence-corrected chi connectivity index (χ1v) is 16.6. The topological polar surface area (TPSA) is 97.6 Å². The van der Waals surface area contributed by atoms with Crippen molar-refractivity contribution >= 4 is 46.2 Å². The van der Waals surface area contributed by atoms with E-state index < -0.39 is 11.9 Å². The molecular weight excluding hydrogens is 651 g/mol. The first-order chi connectivity index (χ1) is 25.3. The minimum absolute atomic E-state index is 0.0547. The van der Waals surface area contributed by atoms with Crippen LogP contribution in [0.4, 0.5) is 17.1 Å². The van der Waals surface area contributed by atoms with Crippen LogP contribution < -0.4 is 4.90 Å². The van der Waals surface area contributed by atoms with E-state index in [4.69, 9.17) is 9.68 Å². The van der Waals surface area contributed by atoms with Gasteiger partial charge in [-0.15, -0.1) is 0 Å². The number of hydrogen-bond acceptors (Lipinski definition) is 8. The van der Waals surface area contributed by atoms with Gasteiger partial charge in [0.25, 0.3) is 0 Å². The molecule has 256 valence electrons. The third-order valence-corrected chi connectivity index (χ3v) is 8.30. The molecule has 0 aliphatic heterocycles. The highest BCUT2D eigenvalue weighted by molar-refractivity contribution is 6.09. The van der Waals surface area contributed by atoms with E-state index in [2.05, 4.69) is 15.2 Å². The summed E-state index contributed by atoms with van der Waals surface area (Å²) in [4.78, 5) is 50.5. The van der Waals surface area contributed by atoms with Crippen LogP contribution in [0.5, 0.6) is 0 Å². The highest BCUT2D eigenvalue weighted by Crippen LogP contribution is 2.35. The van der Waals surface area contributed by atoms with Crippen LogP contribution in [0.3, 0.4) is 0 Å². The molecule has 0 aromatic heterocycles. The highest BCUT2D eigenvalue weighted by Gasteiger charge is 2.16. The molecule has 52 heavy (non-hydrogen) atoms. The van der Waals surface area contributed by atoms with E-state index in [-0.39, 0.29) is 5.78 Å². The van der Waals surface area contributed by atoms with Gasteiger partial charge in [0.15, 0.2) is 5.78 Å². The Morgan fingerprint density at radius 1 is 0.442 bits per heavy atom. The monoisotopic (exact) mass is 685 g/mol. The van der Waals surface area contributed by atoms with Gasteiger partial charge >= 0.3 is 11.9 Å². The Hall–Kier alpha value is -6.93. The lowest BCUT2D eigenvalue weighted by Gasteiger charge is -2.26. The van der Waals surface area contributed by atoms with E-state index >= 15 is 0 Å². The van der Waals surface area contributed by atoms with Crippen LogP contribution in [0, 0.1) is 6.92 Å². The van der Waals surface area contributed by atoms with Gasteiger partial charge in [0.1, 0.15) is 0 Å². The molecule has 6 rings (SSSR count). The summed E-state index contributed by atoms with van der Waals surface area (Å²) in [6, 6.07) is 47.8. The van der Waals surface area contributed by atoms with Gasteiger partial charge in [0, 0.05) is 28.2 Å². The molecule has 6 aromatic rings. The largest absolute Gasteiger partial charge is 0.365 e. The Balaban J connectivity index is 1.27. The molecule has 0 saturated heterocycles. The third-order valence-electron chi connectivity index (χ3n) is 8.30. The predicted molar refractivity (Wildman–Crippen MR) is 204 cm³/mol. The smallest absolute Gasteiger partial charge is 0.313 e. The molecule has 0 spiro atoms. The standard InChI is InChI=1S/C44H35N3O5/c1-30-11-10-16-38(29-30)42(48)35-21-27-41(28-22-35)47(39-23-17-33(18-24-39)31(2)45-51-43(49)36-12-6-4-7-13-36)40-25-19-34(20-26-40)32(3)46-52-44(50)37-14-8-5-9-15-37/h4-29H,1-3H3.